The van der Waals surface area contributed by atoms with Crippen LogP contribution in [0.15, 0.2) is 79.8 Å². The lowest BCUT2D eigenvalue weighted by atomic mass is 10.2. The molecule has 38 heavy (non-hydrogen) atoms. The van der Waals surface area contributed by atoms with Crippen LogP contribution in [0.1, 0.15) is 11.1 Å². The van der Waals surface area contributed by atoms with E-state index in [0.717, 1.165) is 45.8 Å². The van der Waals surface area contributed by atoms with E-state index in [1.54, 1.807) is 10.8 Å². The fraction of sp³-hybridized carbons (Fsp3) is 0.179. The van der Waals surface area contributed by atoms with Crippen LogP contribution in [0, 0.1) is 13.8 Å². The average Bonchev–Trinajstić information content (AvgIpc) is 3.50. The Morgan fingerprint density at radius 2 is 1.87 bits per heavy atom. The fourth-order valence-electron chi connectivity index (χ4n) is 4.40. The van der Waals surface area contributed by atoms with Crippen LogP contribution in [0.5, 0.6) is 17.2 Å². The standard InChI is InChI=1S/C28H27N8O2/c1-19-15-34(3)35(16-19)10-11-37-22-5-6-25-24(13-22)28(31-17-29-25)33-21-4-7-26(20(2)12-21)38-23-8-9-36-27(14-23)30-18-32-36/h4-9,12-18H,10-11H2,1-3H3,(H,29,31,33)/q+1. The SMILES string of the molecule is Cc1cn(CCOc2ccc3ncnc(Nc4ccc(Oc5ccn6ncnc6c5)c(C)c4)c3c2)[n+](C)c1. The van der Waals surface area contributed by atoms with E-state index in [9.17, 15) is 0 Å². The molecule has 10 nitrogen and oxygen atoms in total. The number of hydrogen-bond acceptors (Lipinski definition) is 7. The van der Waals surface area contributed by atoms with Crippen LogP contribution in [0.4, 0.5) is 11.5 Å². The largest absolute Gasteiger partial charge is 0.491 e. The number of aromatic nitrogens is 7. The number of rotatable bonds is 8. The van der Waals surface area contributed by atoms with E-state index in [1.807, 2.05) is 68.7 Å². The summed E-state index contributed by atoms with van der Waals surface area (Å²) in [4.78, 5) is 13.1. The zero-order valence-corrected chi connectivity index (χ0v) is 21.4. The normalized spacial score (nSPS) is 11.2. The number of nitrogens with one attached hydrogen (secondary N) is 1. The molecule has 4 heterocycles. The van der Waals surface area contributed by atoms with Crippen LogP contribution in [0.3, 0.4) is 0 Å². The van der Waals surface area contributed by atoms with Crippen molar-refractivity contribution in [1.29, 1.82) is 0 Å². The molecular formula is C28H27N8O2+. The van der Waals surface area contributed by atoms with Gasteiger partial charge in [-0.2, -0.15) is 9.78 Å². The molecule has 190 valence electrons. The van der Waals surface area contributed by atoms with Gasteiger partial charge in [0.2, 0.25) is 0 Å². The summed E-state index contributed by atoms with van der Waals surface area (Å²) in [6, 6.07) is 15.5. The summed E-state index contributed by atoms with van der Waals surface area (Å²) >= 11 is 0. The van der Waals surface area contributed by atoms with Gasteiger partial charge in [-0.25, -0.2) is 19.5 Å². The van der Waals surface area contributed by atoms with Crippen LogP contribution in [0.25, 0.3) is 16.6 Å². The second-order valence-corrected chi connectivity index (χ2v) is 9.12. The van der Waals surface area contributed by atoms with Crippen molar-refractivity contribution >= 4 is 28.1 Å². The second kappa shape index (κ2) is 9.81. The van der Waals surface area contributed by atoms with Gasteiger partial charge in [0.15, 0.2) is 18.9 Å². The number of anilines is 2. The maximum atomic E-state index is 6.10. The number of nitrogens with zero attached hydrogens (tertiary/aromatic N) is 7. The van der Waals surface area contributed by atoms with Crippen LogP contribution in [0.2, 0.25) is 0 Å². The highest BCUT2D eigenvalue weighted by atomic mass is 16.5. The molecule has 0 fully saturated rings. The molecule has 1 N–H and O–H groups in total. The third-order valence-electron chi connectivity index (χ3n) is 6.26. The summed E-state index contributed by atoms with van der Waals surface area (Å²) in [7, 11) is 2.02. The van der Waals surface area contributed by atoms with Crippen molar-refractivity contribution in [2.75, 3.05) is 11.9 Å². The average molecular weight is 508 g/mol. The summed E-state index contributed by atoms with van der Waals surface area (Å²) in [5.74, 6) is 2.93. The Morgan fingerprint density at radius 1 is 0.947 bits per heavy atom. The van der Waals surface area contributed by atoms with E-state index in [2.05, 4.69) is 54.0 Å². The molecule has 0 atom stereocenters. The predicted octanol–water partition coefficient (Wildman–Crippen LogP) is 4.53. The Balaban J connectivity index is 1.18. The first-order chi connectivity index (χ1) is 18.5. The summed E-state index contributed by atoms with van der Waals surface area (Å²) < 4.78 is 18.0. The molecule has 0 aliphatic heterocycles. The number of pyridine rings is 1. The maximum absolute atomic E-state index is 6.10. The van der Waals surface area contributed by atoms with Gasteiger partial charge in [-0.05, 0) is 61.9 Å². The van der Waals surface area contributed by atoms with E-state index in [4.69, 9.17) is 9.47 Å². The Morgan fingerprint density at radius 3 is 2.71 bits per heavy atom. The van der Waals surface area contributed by atoms with Gasteiger partial charge in [0, 0.05) is 28.9 Å². The third-order valence-corrected chi connectivity index (χ3v) is 6.26. The molecule has 10 heteroatoms. The molecule has 0 radical (unpaired) electrons. The Labute approximate surface area is 219 Å². The molecule has 6 rings (SSSR count). The zero-order chi connectivity index (χ0) is 26.1. The minimum Gasteiger partial charge on any atom is -0.491 e. The van der Waals surface area contributed by atoms with Crippen LogP contribution >= 0.6 is 0 Å². The van der Waals surface area contributed by atoms with Crippen molar-refractivity contribution in [3.05, 3.63) is 90.9 Å². The molecule has 2 aromatic carbocycles. The molecule has 0 saturated carbocycles. The molecule has 0 unspecified atom stereocenters. The van der Waals surface area contributed by atoms with Crippen molar-refractivity contribution in [2.24, 2.45) is 7.05 Å². The molecular weight excluding hydrogens is 480 g/mol. The highest BCUT2D eigenvalue weighted by Crippen LogP contribution is 2.31. The van der Waals surface area contributed by atoms with Gasteiger partial charge in [-0.15, -0.1) is 4.68 Å². The van der Waals surface area contributed by atoms with Gasteiger partial charge < -0.3 is 14.8 Å². The lowest BCUT2D eigenvalue weighted by molar-refractivity contribution is -0.753. The van der Waals surface area contributed by atoms with Crippen molar-refractivity contribution in [1.82, 2.24) is 29.2 Å². The number of benzene rings is 2. The molecule has 0 saturated heterocycles. The van der Waals surface area contributed by atoms with E-state index < -0.39 is 0 Å². The smallest absolute Gasteiger partial charge is 0.198 e. The van der Waals surface area contributed by atoms with Crippen LogP contribution < -0.4 is 19.5 Å². The predicted molar refractivity (Wildman–Crippen MR) is 143 cm³/mol. The highest BCUT2D eigenvalue weighted by Gasteiger charge is 2.10. The minimum absolute atomic E-state index is 0.550. The number of fused-ring (bicyclic) bond motifs is 2. The number of aryl methyl sites for hydroxylation is 3. The molecule has 0 spiro atoms. The van der Waals surface area contributed by atoms with Gasteiger partial charge in [-0.3, -0.25) is 0 Å². The van der Waals surface area contributed by atoms with Gasteiger partial charge in [0.25, 0.3) is 0 Å². The van der Waals surface area contributed by atoms with Crippen LogP contribution in [-0.2, 0) is 13.6 Å². The van der Waals surface area contributed by atoms with E-state index in [0.29, 0.717) is 18.2 Å². The first-order valence-electron chi connectivity index (χ1n) is 12.3. The lowest BCUT2D eigenvalue weighted by Crippen LogP contribution is -2.38. The van der Waals surface area contributed by atoms with E-state index in [-0.39, 0.29) is 0 Å². The monoisotopic (exact) mass is 507 g/mol. The van der Waals surface area contributed by atoms with E-state index in [1.165, 1.54) is 11.9 Å². The first kappa shape index (κ1) is 23.4. The van der Waals surface area contributed by atoms with Gasteiger partial charge in [0.05, 0.1) is 11.7 Å². The lowest BCUT2D eigenvalue weighted by Gasteiger charge is -2.13. The number of hydrogen-bond donors (Lipinski definition) is 1. The quantitative estimate of drug-likeness (QED) is 0.303. The Kier molecular flexibility index (Phi) is 6.04. The molecule has 0 amide bonds. The maximum Gasteiger partial charge on any atom is 0.198 e. The van der Waals surface area contributed by atoms with Crippen LogP contribution in [-0.4, -0.2) is 35.9 Å². The molecule has 6 aromatic rings. The molecule has 4 aromatic heterocycles. The molecule has 0 bridgehead atoms. The summed E-state index contributed by atoms with van der Waals surface area (Å²) in [6.07, 6.45) is 9.09. The van der Waals surface area contributed by atoms with Gasteiger partial charge in [-0.1, -0.05) is 0 Å². The highest BCUT2D eigenvalue weighted by molar-refractivity contribution is 5.91. The number of ether oxygens (including phenoxy) is 2. The summed E-state index contributed by atoms with van der Waals surface area (Å²) in [5.41, 5.74) is 4.65. The summed E-state index contributed by atoms with van der Waals surface area (Å²) in [5, 5.41) is 8.42. The second-order valence-electron chi connectivity index (χ2n) is 9.12. The Hall–Kier alpha value is -4.99. The molecule has 0 aliphatic rings. The van der Waals surface area contributed by atoms with Crippen molar-refractivity contribution in [2.45, 2.75) is 20.4 Å². The van der Waals surface area contributed by atoms with Gasteiger partial charge in [0.1, 0.15) is 48.9 Å². The molecule has 0 aliphatic carbocycles. The summed E-state index contributed by atoms with van der Waals surface area (Å²) in [6.45, 7) is 5.39. The van der Waals surface area contributed by atoms with Crippen molar-refractivity contribution in [3.63, 3.8) is 0 Å². The Bertz CT molecular complexity index is 1760. The van der Waals surface area contributed by atoms with Gasteiger partial charge >= 0.3 is 0 Å². The van der Waals surface area contributed by atoms with Crippen molar-refractivity contribution < 1.29 is 14.2 Å². The fourth-order valence-corrected chi connectivity index (χ4v) is 4.40. The minimum atomic E-state index is 0.550. The topological polar surface area (TPSA) is 95.3 Å². The first-order valence-corrected chi connectivity index (χ1v) is 12.3. The van der Waals surface area contributed by atoms with E-state index >= 15 is 0 Å². The zero-order valence-electron chi connectivity index (χ0n) is 21.4. The van der Waals surface area contributed by atoms with Crippen molar-refractivity contribution in [3.8, 4) is 17.2 Å². The third kappa shape index (κ3) is 4.83.